The fraction of sp³-hybridized carbons (Fsp3) is 0. The van der Waals surface area contributed by atoms with E-state index < -0.39 is 54.4 Å². The van der Waals surface area contributed by atoms with Gasteiger partial charge < -0.3 is 4.42 Å². The van der Waals surface area contributed by atoms with E-state index in [2.05, 4.69) is 41.4 Å². The van der Waals surface area contributed by atoms with E-state index in [0.717, 1.165) is 60.1 Å². The van der Waals surface area contributed by atoms with Crippen LogP contribution in [0, 0.1) is 0 Å². The van der Waals surface area contributed by atoms with Crippen LogP contribution in [0.25, 0.3) is 133 Å². The van der Waals surface area contributed by atoms with Crippen LogP contribution in [0.3, 0.4) is 0 Å². The molecular weight excluding hydrogens is 815 g/mol. The predicted octanol–water partition coefficient (Wildman–Crippen LogP) is 16.9. The van der Waals surface area contributed by atoms with Crippen molar-refractivity contribution in [2.45, 2.75) is 0 Å². The first kappa shape index (κ1) is 28.7. The van der Waals surface area contributed by atoms with E-state index in [0.29, 0.717) is 33.1 Å². The highest BCUT2D eigenvalue weighted by molar-refractivity contribution is 6.14. The van der Waals surface area contributed by atoms with Gasteiger partial charge in [-0.2, -0.15) is 0 Å². The average molecular weight is 865 g/mol. The van der Waals surface area contributed by atoms with Gasteiger partial charge in [0.25, 0.3) is 0 Å². The number of nitrogens with zero attached hydrogens (tertiary/aromatic N) is 3. The first-order chi connectivity index (χ1) is 37.7. The van der Waals surface area contributed by atoms with Crippen LogP contribution in [-0.4, -0.2) is 15.0 Å². The summed E-state index contributed by atoms with van der Waals surface area (Å²) in [6, 6.07) is 49.2. The molecule has 0 spiro atoms. The van der Waals surface area contributed by atoms with E-state index in [1.165, 1.54) is 6.07 Å². The van der Waals surface area contributed by atoms with Crippen LogP contribution in [0.4, 0.5) is 0 Å². The molecule has 0 aliphatic carbocycles. The minimum atomic E-state index is -0.628. The second kappa shape index (κ2) is 15.9. The molecule has 13 rings (SSSR count). The Hall–Kier alpha value is -8.99. The molecule has 0 unspecified atom stereocenters. The molecule has 13 aromatic rings. The summed E-state index contributed by atoms with van der Waals surface area (Å²) >= 11 is 0. The minimum absolute atomic E-state index is 0.0323. The normalized spacial score (nSPS) is 13.9. The topological polar surface area (TPSA) is 51.8 Å². The van der Waals surface area contributed by atoms with Gasteiger partial charge in [0.2, 0.25) is 0 Å². The van der Waals surface area contributed by atoms with Crippen LogP contribution in [0.1, 0.15) is 15.1 Å². The van der Waals surface area contributed by atoms with Crippen molar-refractivity contribution in [2.24, 2.45) is 0 Å². The third-order valence-electron chi connectivity index (χ3n) is 12.3. The Balaban J connectivity index is 0.997. The van der Waals surface area contributed by atoms with Gasteiger partial charge in [0.15, 0.2) is 17.5 Å². The van der Waals surface area contributed by atoms with Crippen molar-refractivity contribution >= 4 is 54.3 Å². The largest absolute Gasteiger partial charge is 0.456 e. The molecule has 0 N–H and O–H groups in total. The third-order valence-corrected chi connectivity index (χ3v) is 12.3. The Labute approximate surface area is 402 Å². The van der Waals surface area contributed by atoms with E-state index in [1.807, 2.05) is 103 Å². The Morgan fingerprint density at radius 1 is 0.299 bits per heavy atom. The fourth-order valence-corrected chi connectivity index (χ4v) is 9.02. The Morgan fingerprint density at radius 3 is 1.76 bits per heavy atom. The molecule has 0 saturated heterocycles. The summed E-state index contributed by atoms with van der Waals surface area (Å²) in [5.74, 6) is -0.732. The molecule has 4 heteroatoms. The summed E-state index contributed by atoms with van der Waals surface area (Å²) in [5, 5.41) is 7.10. The zero-order valence-electron chi connectivity index (χ0n) is 46.4. The lowest BCUT2D eigenvalue weighted by Gasteiger charge is -2.14. The van der Waals surface area contributed by atoms with Crippen molar-refractivity contribution in [3.05, 3.63) is 236 Å². The van der Waals surface area contributed by atoms with Crippen LogP contribution < -0.4 is 0 Å². The van der Waals surface area contributed by atoms with E-state index in [4.69, 9.17) is 21.2 Å². The van der Waals surface area contributed by atoms with Crippen LogP contribution in [-0.2, 0) is 0 Å². The lowest BCUT2D eigenvalue weighted by Crippen LogP contribution is -2.00. The average Bonchev–Trinajstić information content (AvgIpc) is 3.94. The molecule has 0 saturated carbocycles. The summed E-state index contributed by atoms with van der Waals surface area (Å²) in [6.07, 6.45) is 0. The molecule has 4 nitrogen and oxygen atoms in total. The third kappa shape index (κ3) is 6.91. The number of furan rings is 1. The smallest absolute Gasteiger partial charge is 0.164 e. The molecular formula is C63H39N3O. The molecule has 0 aliphatic rings. The number of hydrogen-bond donors (Lipinski definition) is 0. The van der Waals surface area contributed by atoms with Crippen molar-refractivity contribution < 1.29 is 19.5 Å². The Bertz CT molecular complexity index is 4660. The van der Waals surface area contributed by atoms with Gasteiger partial charge in [-0.15, -0.1) is 0 Å². The minimum Gasteiger partial charge on any atom is -0.456 e. The molecule has 2 heterocycles. The number of fused-ring (bicyclic) bond motifs is 7. The molecule has 67 heavy (non-hydrogen) atoms. The molecule has 0 fully saturated rings. The summed E-state index contributed by atoms with van der Waals surface area (Å²) in [4.78, 5) is 14.2. The zero-order chi connectivity index (χ0) is 53.8. The van der Waals surface area contributed by atoms with Gasteiger partial charge in [0.05, 0.1) is 15.1 Å². The highest BCUT2D eigenvalue weighted by Gasteiger charge is 2.18. The maximum atomic E-state index is 9.63. The monoisotopic (exact) mass is 864 g/mol. The molecule has 0 bridgehead atoms. The maximum Gasteiger partial charge on any atom is 0.164 e. The molecule has 0 aliphatic heterocycles. The Morgan fingerprint density at radius 2 is 0.940 bits per heavy atom. The van der Waals surface area contributed by atoms with Gasteiger partial charge >= 0.3 is 0 Å². The molecule has 11 aromatic carbocycles. The number of aromatic nitrogens is 3. The van der Waals surface area contributed by atoms with E-state index in [-0.39, 0.29) is 51.8 Å². The van der Waals surface area contributed by atoms with Gasteiger partial charge in [-0.25, -0.2) is 15.0 Å². The molecule has 312 valence electrons. The van der Waals surface area contributed by atoms with Gasteiger partial charge in [-0.05, 0) is 113 Å². The number of benzene rings is 11. The number of rotatable bonds is 7. The second-order valence-electron chi connectivity index (χ2n) is 16.3. The molecule has 0 radical (unpaired) electrons. The van der Waals surface area contributed by atoms with E-state index >= 15 is 0 Å². The standard InChI is InChI=1S/C63H39N3O/c1-3-13-41(14-4-1)53-34-33-51(38-57(53)50-31-22-40-12-7-8-18-47(40)36-50)63-65-61(45-16-5-2-6-17-45)64-62(66-63)46-28-25-43(26-29-46)54-20-11-21-58-60(54)55-35-32-49(39-59(55)67-58)48-30-27-44-24-23-42-15-9-10-19-52(42)56(44)37-48/h1-39H/i2D,5D,6D,16D,17D,20D,25D,26D,28D,29D,32D. The maximum absolute atomic E-state index is 9.63. The van der Waals surface area contributed by atoms with Crippen molar-refractivity contribution in [1.82, 2.24) is 15.0 Å². The van der Waals surface area contributed by atoms with Crippen molar-refractivity contribution in [3.63, 3.8) is 0 Å². The number of hydrogen-bond acceptors (Lipinski definition) is 4. The van der Waals surface area contributed by atoms with E-state index in [1.54, 1.807) is 24.3 Å². The van der Waals surface area contributed by atoms with Crippen LogP contribution in [0.15, 0.2) is 241 Å². The highest BCUT2D eigenvalue weighted by atomic mass is 16.3. The fourth-order valence-electron chi connectivity index (χ4n) is 9.02. The first-order valence-electron chi connectivity index (χ1n) is 27.3. The predicted molar refractivity (Wildman–Crippen MR) is 278 cm³/mol. The summed E-state index contributed by atoms with van der Waals surface area (Å²) in [5.41, 5.74) is 5.19. The summed E-state index contributed by atoms with van der Waals surface area (Å²) < 4.78 is 107. The Kier molecular flexibility index (Phi) is 6.82. The molecule has 0 amide bonds. The first-order valence-corrected chi connectivity index (χ1v) is 21.8. The van der Waals surface area contributed by atoms with Gasteiger partial charge in [0, 0.05) is 27.5 Å². The van der Waals surface area contributed by atoms with Crippen LogP contribution in [0.5, 0.6) is 0 Å². The van der Waals surface area contributed by atoms with Gasteiger partial charge in [-0.1, -0.05) is 200 Å². The van der Waals surface area contributed by atoms with Crippen LogP contribution >= 0.6 is 0 Å². The zero-order valence-corrected chi connectivity index (χ0v) is 35.4. The van der Waals surface area contributed by atoms with Gasteiger partial charge in [0.1, 0.15) is 11.2 Å². The van der Waals surface area contributed by atoms with Crippen molar-refractivity contribution in [2.75, 3.05) is 0 Å². The molecule has 0 atom stereocenters. The van der Waals surface area contributed by atoms with Crippen molar-refractivity contribution in [1.29, 1.82) is 0 Å². The highest BCUT2D eigenvalue weighted by Crippen LogP contribution is 2.41. The second-order valence-corrected chi connectivity index (χ2v) is 16.3. The lowest BCUT2D eigenvalue weighted by atomic mass is 9.91. The SMILES string of the molecule is [2H]c1cc2c(cc1-c1ccc3ccc4ccccc4c3c1)oc1ccc([2H])c(-c3c([2H])c([2H])c(-c4nc(-c5ccc(-c6ccccc6)c(-c6ccc7ccccc7c6)c5)nc(-c5c([2H])c([2H])c([2H])c([2H])c5[2H])n4)c([2H])c3[2H])c12. The van der Waals surface area contributed by atoms with Crippen molar-refractivity contribution in [3.8, 4) is 78.7 Å². The quantitative estimate of drug-likeness (QED) is 0.150. The summed E-state index contributed by atoms with van der Waals surface area (Å²) in [6.45, 7) is 0. The molecule has 2 aromatic heterocycles. The lowest BCUT2D eigenvalue weighted by molar-refractivity contribution is 0.669. The van der Waals surface area contributed by atoms with E-state index in [9.17, 15) is 8.22 Å². The summed E-state index contributed by atoms with van der Waals surface area (Å²) in [7, 11) is 0. The van der Waals surface area contributed by atoms with Gasteiger partial charge in [-0.3, -0.25) is 0 Å². The van der Waals surface area contributed by atoms with Crippen LogP contribution in [0.2, 0.25) is 0 Å².